The van der Waals surface area contributed by atoms with Crippen molar-refractivity contribution < 1.29 is 4.79 Å². The number of nitrogens with zero attached hydrogens (tertiary/aromatic N) is 2. The summed E-state index contributed by atoms with van der Waals surface area (Å²) in [4.78, 5) is 10.7. The van der Waals surface area contributed by atoms with Crippen LogP contribution >= 0.6 is 0 Å². The Morgan fingerprint density at radius 2 is 2.45 bits per heavy atom. The van der Waals surface area contributed by atoms with Crippen LogP contribution in [0.25, 0.3) is 0 Å². The molecule has 1 radical (unpaired) electrons. The highest BCUT2D eigenvalue weighted by molar-refractivity contribution is 5.74. The zero-order valence-electron chi connectivity index (χ0n) is 6.53. The maximum atomic E-state index is 10.7. The molecule has 0 aliphatic heterocycles. The van der Waals surface area contributed by atoms with E-state index in [-0.39, 0.29) is 5.92 Å². The van der Waals surface area contributed by atoms with Crippen molar-refractivity contribution in [2.24, 2.45) is 5.73 Å². The van der Waals surface area contributed by atoms with Crippen molar-refractivity contribution in [1.29, 1.82) is 0 Å². The lowest BCUT2D eigenvalue weighted by Crippen LogP contribution is -2.23. The second-order valence-corrected chi connectivity index (χ2v) is 2.60. The first kappa shape index (κ1) is 7.78. The lowest BCUT2D eigenvalue weighted by Gasteiger charge is -2.04. The van der Waals surface area contributed by atoms with Gasteiger partial charge in [0.2, 0.25) is 0 Å². The highest BCUT2D eigenvalue weighted by atomic mass is 16.2. The third kappa shape index (κ3) is 1.39. The molecular weight excluding hydrogens is 142 g/mol. The van der Waals surface area contributed by atoms with Crippen molar-refractivity contribution in [2.75, 3.05) is 0 Å². The standard InChI is InChI=1S/C7H10N3O/c1-5(2)6-3-4-9-10(6)7(8)11/h3,5H,1-2H3,(H2,8,11). The van der Waals surface area contributed by atoms with Crippen molar-refractivity contribution in [3.05, 3.63) is 18.0 Å². The van der Waals surface area contributed by atoms with Crippen molar-refractivity contribution in [3.8, 4) is 0 Å². The molecule has 0 saturated carbocycles. The number of hydrogen-bond acceptors (Lipinski definition) is 2. The quantitative estimate of drug-likeness (QED) is 0.645. The minimum atomic E-state index is -0.560. The minimum absolute atomic E-state index is 0.237. The number of primary amides is 1. The molecule has 0 saturated heterocycles. The van der Waals surface area contributed by atoms with Crippen molar-refractivity contribution in [1.82, 2.24) is 9.78 Å². The van der Waals surface area contributed by atoms with E-state index in [0.29, 0.717) is 0 Å². The minimum Gasteiger partial charge on any atom is -0.350 e. The maximum Gasteiger partial charge on any atom is 0.339 e. The van der Waals surface area contributed by atoms with Crippen LogP contribution in [0, 0.1) is 6.20 Å². The Morgan fingerprint density at radius 1 is 1.82 bits per heavy atom. The Kier molecular flexibility index (Phi) is 1.94. The van der Waals surface area contributed by atoms with Crippen molar-refractivity contribution >= 4 is 6.03 Å². The van der Waals surface area contributed by atoms with Crippen LogP contribution in [0.2, 0.25) is 0 Å². The number of nitrogens with two attached hydrogens (primary N) is 1. The van der Waals surface area contributed by atoms with E-state index in [1.807, 2.05) is 13.8 Å². The SMILES string of the molecule is CC(C)c1c[c]nn1C(N)=O. The van der Waals surface area contributed by atoms with E-state index in [0.717, 1.165) is 10.4 Å². The monoisotopic (exact) mass is 152 g/mol. The van der Waals surface area contributed by atoms with Gasteiger partial charge in [0, 0.05) is 0 Å². The summed E-state index contributed by atoms with van der Waals surface area (Å²) in [5.74, 6) is 0.237. The Labute approximate surface area is 65.0 Å². The van der Waals surface area contributed by atoms with Gasteiger partial charge in [-0.25, -0.2) is 4.79 Å². The summed E-state index contributed by atoms with van der Waals surface area (Å²) in [5, 5.41) is 3.65. The molecule has 0 aromatic carbocycles. The third-order valence-corrected chi connectivity index (χ3v) is 1.42. The average Bonchev–Trinajstić information content (AvgIpc) is 2.32. The second-order valence-electron chi connectivity index (χ2n) is 2.60. The lowest BCUT2D eigenvalue weighted by molar-refractivity contribution is 0.246. The molecule has 0 aliphatic rings. The van der Waals surface area contributed by atoms with E-state index in [9.17, 15) is 4.79 Å². The molecule has 1 aromatic rings. The number of amides is 1. The van der Waals surface area contributed by atoms with Gasteiger partial charge >= 0.3 is 6.03 Å². The van der Waals surface area contributed by atoms with Crippen molar-refractivity contribution in [2.45, 2.75) is 19.8 Å². The van der Waals surface area contributed by atoms with E-state index in [1.54, 1.807) is 6.07 Å². The Balaban J connectivity index is 3.06. The van der Waals surface area contributed by atoms with E-state index >= 15 is 0 Å². The smallest absolute Gasteiger partial charge is 0.339 e. The highest BCUT2D eigenvalue weighted by Gasteiger charge is 2.09. The highest BCUT2D eigenvalue weighted by Crippen LogP contribution is 2.11. The van der Waals surface area contributed by atoms with Crippen LogP contribution in [0.15, 0.2) is 6.07 Å². The van der Waals surface area contributed by atoms with Crippen LogP contribution in [0.3, 0.4) is 0 Å². The third-order valence-electron chi connectivity index (χ3n) is 1.42. The predicted molar refractivity (Wildman–Crippen MR) is 40.1 cm³/mol. The van der Waals surface area contributed by atoms with Crippen LogP contribution in [-0.2, 0) is 0 Å². The molecule has 1 rings (SSSR count). The average molecular weight is 152 g/mol. The lowest BCUT2D eigenvalue weighted by atomic mass is 10.1. The van der Waals surface area contributed by atoms with E-state index in [4.69, 9.17) is 5.73 Å². The summed E-state index contributed by atoms with van der Waals surface area (Å²) in [7, 11) is 0. The largest absolute Gasteiger partial charge is 0.350 e. The Bertz CT molecular complexity index is 264. The first-order chi connectivity index (χ1) is 5.13. The molecule has 4 heteroatoms. The summed E-state index contributed by atoms with van der Waals surface area (Å²) in [6.07, 6.45) is 2.57. The Morgan fingerprint density at radius 3 is 2.82 bits per heavy atom. The first-order valence-electron chi connectivity index (χ1n) is 3.38. The Hall–Kier alpha value is -1.32. The summed E-state index contributed by atoms with van der Waals surface area (Å²) >= 11 is 0. The van der Waals surface area contributed by atoms with Gasteiger partial charge < -0.3 is 5.73 Å². The summed E-state index contributed by atoms with van der Waals surface area (Å²) < 4.78 is 1.16. The predicted octanol–water partition coefficient (Wildman–Crippen LogP) is 0.733. The second kappa shape index (κ2) is 2.74. The maximum absolute atomic E-state index is 10.7. The van der Waals surface area contributed by atoms with Gasteiger partial charge in [0.05, 0.1) is 5.69 Å². The molecule has 0 atom stereocenters. The molecule has 1 amide bonds. The van der Waals surface area contributed by atoms with E-state index in [2.05, 4.69) is 11.3 Å². The summed E-state index contributed by atoms with van der Waals surface area (Å²) in [5.41, 5.74) is 5.83. The van der Waals surface area contributed by atoms with Crippen molar-refractivity contribution in [3.63, 3.8) is 0 Å². The molecule has 0 aliphatic carbocycles. The van der Waals surface area contributed by atoms with Gasteiger partial charge in [-0.3, -0.25) is 0 Å². The fourth-order valence-corrected chi connectivity index (χ4v) is 0.859. The summed E-state index contributed by atoms with van der Waals surface area (Å²) in [6.45, 7) is 3.93. The molecule has 0 unspecified atom stereocenters. The normalized spacial score (nSPS) is 10.5. The summed E-state index contributed by atoms with van der Waals surface area (Å²) in [6, 6.07) is 1.10. The molecule has 2 N–H and O–H groups in total. The van der Waals surface area contributed by atoms with Crippen LogP contribution < -0.4 is 5.73 Å². The van der Waals surface area contributed by atoms with Crippen LogP contribution in [0.5, 0.6) is 0 Å². The van der Waals surface area contributed by atoms with Crippen LogP contribution in [0.1, 0.15) is 25.5 Å². The van der Waals surface area contributed by atoms with Gasteiger partial charge in [-0.2, -0.15) is 9.78 Å². The van der Waals surface area contributed by atoms with Gasteiger partial charge in [0.15, 0.2) is 0 Å². The number of aromatic nitrogens is 2. The fourth-order valence-electron chi connectivity index (χ4n) is 0.859. The molecule has 0 spiro atoms. The molecule has 4 nitrogen and oxygen atoms in total. The number of hydrogen-bond donors (Lipinski definition) is 1. The van der Waals surface area contributed by atoms with Crippen LogP contribution in [0.4, 0.5) is 4.79 Å². The molecule has 0 fully saturated rings. The van der Waals surface area contributed by atoms with E-state index < -0.39 is 6.03 Å². The zero-order valence-corrected chi connectivity index (χ0v) is 6.53. The van der Waals surface area contributed by atoms with Gasteiger partial charge in [0.1, 0.15) is 6.20 Å². The molecule has 59 valence electrons. The first-order valence-corrected chi connectivity index (χ1v) is 3.38. The van der Waals surface area contributed by atoms with Crippen LogP contribution in [-0.4, -0.2) is 15.8 Å². The van der Waals surface area contributed by atoms with Gasteiger partial charge in [0.25, 0.3) is 0 Å². The van der Waals surface area contributed by atoms with Gasteiger partial charge in [-0.15, -0.1) is 0 Å². The molecule has 1 heterocycles. The van der Waals surface area contributed by atoms with E-state index in [1.165, 1.54) is 0 Å². The number of carbonyl (C=O) groups excluding carboxylic acids is 1. The zero-order chi connectivity index (χ0) is 8.43. The molecule has 1 aromatic heterocycles. The van der Waals surface area contributed by atoms with Gasteiger partial charge in [-0.05, 0) is 12.0 Å². The van der Waals surface area contributed by atoms with Gasteiger partial charge in [-0.1, -0.05) is 13.8 Å². The number of carbonyl (C=O) groups is 1. The molecule has 0 bridgehead atoms. The fraction of sp³-hybridized carbons (Fsp3) is 0.429. The molecule has 11 heavy (non-hydrogen) atoms. The molecular formula is C7H10N3O. The topological polar surface area (TPSA) is 60.9 Å². The number of rotatable bonds is 1.